The number of rotatable bonds is 4. The van der Waals surface area contributed by atoms with E-state index in [9.17, 15) is 0 Å². The lowest BCUT2D eigenvalue weighted by molar-refractivity contribution is 0.603. The number of benzene rings is 1. The molecule has 3 rings (SSSR count). The monoisotopic (exact) mass is 297 g/mol. The Labute approximate surface area is 129 Å². The molecule has 0 saturated carbocycles. The minimum atomic E-state index is 0.335. The Morgan fingerprint density at radius 3 is 2.76 bits per heavy atom. The molecule has 0 saturated heterocycles. The van der Waals surface area contributed by atoms with Crippen molar-refractivity contribution in [2.24, 2.45) is 0 Å². The third kappa shape index (κ3) is 2.82. The zero-order valence-electron chi connectivity index (χ0n) is 12.6. The molecule has 108 valence electrons. The van der Waals surface area contributed by atoms with Crippen LogP contribution in [0.15, 0.2) is 36.4 Å². The molecule has 0 amide bonds. The molecule has 3 nitrogen and oxygen atoms in total. The van der Waals surface area contributed by atoms with E-state index in [0.717, 1.165) is 33.8 Å². The molecule has 4 heteroatoms. The minimum Gasteiger partial charge on any atom is -0.310 e. The van der Waals surface area contributed by atoms with E-state index >= 15 is 0 Å². The summed E-state index contributed by atoms with van der Waals surface area (Å²) in [6.45, 7) is 7.34. The number of nitrogens with one attached hydrogen (secondary N) is 1. The summed E-state index contributed by atoms with van der Waals surface area (Å²) in [6.07, 6.45) is 0. The second-order valence-electron chi connectivity index (χ2n) is 5.14. The highest BCUT2D eigenvalue weighted by molar-refractivity contribution is 7.15. The van der Waals surface area contributed by atoms with Gasteiger partial charge in [0.15, 0.2) is 0 Å². The highest BCUT2D eigenvalue weighted by Gasteiger charge is 2.15. The molecule has 2 heterocycles. The summed E-state index contributed by atoms with van der Waals surface area (Å²) >= 11 is 1.73. The number of pyridine rings is 1. The van der Waals surface area contributed by atoms with Crippen molar-refractivity contribution in [3.8, 4) is 10.7 Å². The van der Waals surface area contributed by atoms with Crippen LogP contribution in [-0.2, 0) is 0 Å². The topological polar surface area (TPSA) is 37.8 Å². The molecular formula is C17H19N3S. The molecule has 1 atom stereocenters. The van der Waals surface area contributed by atoms with E-state index in [2.05, 4.69) is 44.3 Å². The van der Waals surface area contributed by atoms with Gasteiger partial charge in [0.1, 0.15) is 5.01 Å². The van der Waals surface area contributed by atoms with Crippen LogP contribution < -0.4 is 5.32 Å². The summed E-state index contributed by atoms with van der Waals surface area (Å²) in [5.41, 5.74) is 3.07. The molecule has 0 aliphatic rings. The lowest BCUT2D eigenvalue weighted by Crippen LogP contribution is -2.17. The standard InChI is InChI=1S/C17H19N3S/c1-4-18-11(2)16-12(3)19-17(21-16)15-10-9-13-7-5-6-8-14(13)20-15/h5-11,18H,4H2,1-3H3. The van der Waals surface area contributed by atoms with Crippen molar-refractivity contribution in [2.45, 2.75) is 26.8 Å². The largest absolute Gasteiger partial charge is 0.310 e. The molecule has 2 aromatic heterocycles. The van der Waals surface area contributed by atoms with E-state index in [4.69, 9.17) is 9.97 Å². The maximum absolute atomic E-state index is 4.73. The minimum absolute atomic E-state index is 0.335. The number of hydrogen-bond donors (Lipinski definition) is 1. The molecule has 0 bridgehead atoms. The first-order chi connectivity index (χ1) is 10.2. The Morgan fingerprint density at radius 1 is 1.14 bits per heavy atom. The Bertz CT molecular complexity index is 764. The predicted molar refractivity (Wildman–Crippen MR) is 89.7 cm³/mol. The summed E-state index contributed by atoms with van der Waals surface area (Å²) in [5.74, 6) is 0. The Morgan fingerprint density at radius 2 is 1.95 bits per heavy atom. The fourth-order valence-electron chi connectivity index (χ4n) is 2.50. The normalized spacial score (nSPS) is 12.7. The number of nitrogens with zero attached hydrogens (tertiary/aromatic N) is 2. The summed E-state index contributed by atoms with van der Waals surface area (Å²) in [7, 11) is 0. The zero-order valence-corrected chi connectivity index (χ0v) is 13.4. The van der Waals surface area contributed by atoms with Gasteiger partial charge in [-0.15, -0.1) is 11.3 Å². The lowest BCUT2D eigenvalue weighted by Gasteiger charge is -2.09. The quantitative estimate of drug-likeness (QED) is 0.778. The predicted octanol–water partition coefficient (Wildman–Crippen LogP) is 4.34. The van der Waals surface area contributed by atoms with E-state index in [1.807, 2.05) is 18.2 Å². The van der Waals surface area contributed by atoms with Gasteiger partial charge in [-0.25, -0.2) is 9.97 Å². The van der Waals surface area contributed by atoms with Crippen molar-refractivity contribution in [1.82, 2.24) is 15.3 Å². The van der Waals surface area contributed by atoms with Gasteiger partial charge in [0.05, 0.1) is 16.9 Å². The van der Waals surface area contributed by atoms with E-state index < -0.39 is 0 Å². The maximum Gasteiger partial charge on any atom is 0.142 e. The number of thiazole rings is 1. The smallest absolute Gasteiger partial charge is 0.142 e. The first-order valence-electron chi connectivity index (χ1n) is 7.26. The molecule has 1 N–H and O–H groups in total. The molecule has 21 heavy (non-hydrogen) atoms. The van der Waals surface area contributed by atoms with E-state index in [0.29, 0.717) is 6.04 Å². The molecule has 0 spiro atoms. The van der Waals surface area contributed by atoms with Gasteiger partial charge in [0.25, 0.3) is 0 Å². The fraction of sp³-hybridized carbons (Fsp3) is 0.294. The highest BCUT2D eigenvalue weighted by Crippen LogP contribution is 2.31. The van der Waals surface area contributed by atoms with Crippen LogP contribution in [0.2, 0.25) is 0 Å². The van der Waals surface area contributed by atoms with Crippen LogP contribution in [0, 0.1) is 6.92 Å². The molecule has 1 aromatic carbocycles. The lowest BCUT2D eigenvalue weighted by atomic mass is 10.2. The Kier molecular flexibility index (Phi) is 3.99. The first-order valence-corrected chi connectivity index (χ1v) is 8.07. The Balaban J connectivity index is 2.00. The van der Waals surface area contributed by atoms with E-state index in [1.165, 1.54) is 4.88 Å². The van der Waals surface area contributed by atoms with Gasteiger partial charge in [-0.1, -0.05) is 31.2 Å². The molecule has 0 radical (unpaired) electrons. The number of aryl methyl sites for hydroxylation is 1. The van der Waals surface area contributed by atoms with Crippen molar-refractivity contribution < 1.29 is 0 Å². The van der Waals surface area contributed by atoms with Crippen LogP contribution in [0.25, 0.3) is 21.6 Å². The number of hydrogen-bond acceptors (Lipinski definition) is 4. The van der Waals surface area contributed by atoms with Gasteiger partial charge in [0, 0.05) is 16.3 Å². The van der Waals surface area contributed by atoms with Gasteiger partial charge in [-0.05, 0) is 32.5 Å². The average molecular weight is 297 g/mol. The van der Waals surface area contributed by atoms with Crippen molar-refractivity contribution in [1.29, 1.82) is 0 Å². The van der Waals surface area contributed by atoms with Crippen molar-refractivity contribution in [3.05, 3.63) is 47.0 Å². The maximum atomic E-state index is 4.73. The van der Waals surface area contributed by atoms with Gasteiger partial charge in [-0.2, -0.15) is 0 Å². The summed E-state index contributed by atoms with van der Waals surface area (Å²) < 4.78 is 0. The molecule has 0 aliphatic heterocycles. The van der Waals surface area contributed by atoms with Crippen molar-refractivity contribution >= 4 is 22.2 Å². The third-order valence-electron chi connectivity index (χ3n) is 3.55. The van der Waals surface area contributed by atoms with Crippen LogP contribution in [0.3, 0.4) is 0 Å². The van der Waals surface area contributed by atoms with Crippen molar-refractivity contribution in [3.63, 3.8) is 0 Å². The molecule has 0 aliphatic carbocycles. The zero-order chi connectivity index (χ0) is 14.8. The van der Waals surface area contributed by atoms with Crippen LogP contribution in [0.4, 0.5) is 0 Å². The van der Waals surface area contributed by atoms with Crippen LogP contribution in [-0.4, -0.2) is 16.5 Å². The van der Waals surface area contributed by atoms with Crippen molar-refractivity contribution in [2.75, 3.05) is 6.54 Å². The second kappa shape index (κ2) is 5.92. The average Bonchev–Trinajstić information content (AvgIpc) is 2.89. The summed E-state index contributed by atoms with van der Waals surface area (Å²) in [4.78, 5) is 10.7. The van der Waals surface area contributed by atoms with Crippen LogP contribution in [0.1, 0.15) is 30.5 Å². The third-order valence-corrected chi connectivity index (χ3v) is 4.92. The van der Waals surface area contributed by atoms with Crippen LogP contribution >= 0.6 is 11.3 Å². The highest BCUT2D eigenvalue weighted by atomic mass is 32.1. The molecule has 0 fully saturated rings. The molecular weight excluding hydrogens is 278 g/mol. The molecule has 3 aromatic rings. The van der Waals surface area contributed by atoms with Gasteiger partial charge in [-0.3, -0.25) is 0 Å². The Hall–Kier alpha value is -1.78. The summed E-state index contributed by atoms with van der Waals surface area (Å²) in [6, 6.07) is 12.7. The summed E-state index contributed by atoms with van der Waals surface area (Å²) in [5, 5.41) is 5.61. The fourth-order valence-corrected chi connectivity index (χ4v) is 3.57. The number of aromatic nitrogens is 2. The van der Waals surface area contributed by atoms with Gasteiger partial charge >= 0.3 is 0 Å². The van der Waals surface area contributed by atoms with Gasteiger partial charge in [0.2, 0.25) is 0 Å². The van der Waals surface area contributed by atoms with Gasteiger partial charge < -0.3 is 5.32 Å². The number of para-hydroxylation sites is 1. The second-order valence-corrected chi connectivity index (χ2v) is 6.17. The van der Waals surface area contributed by atoms with E-state index in [-0.39, 0.29) is 0 Å². The SMILES string of the molecule is CCNC(C)c1sc(-c2ccc3ccccc3n2)nc1C. The first kappa shape index (κ1) is 14.2. The molecule has 1 unspecified atom stereocenters. The van der Waals surface area contributed by atoms with Crippen LogP contribution in [0.5, 0.6) is 0 Å². The number of fused-ring (bicyclic) bond motifs is 1. The van der Waals surface area contributed by atoms with E-state index in [1.54, 1.807) is 11.3 Å².